The zero-order valence-electron chi connectivity index (χ0n) is 14.0. The summed E-state index contributed by atoms with van der Waals surface area (Å²) in [4.78, 5) is 17.1. The number of thioether (sulfide) groups is 2. The molecule has 0 saturated carbocycles. The first-order valence-electron chi connectivity index (χ1n) is 8.05. The lowest BCUT2D eigenvalue weighted by Gasteiger charge is -2.19. The molecule has 2 aromatic rings. The Balaban J connectivity index is 1.59. The van der Waals surface area contributed by atoms with E-state index >= 15 is 0 Å². The van der Waals surface area contributed by atoms with E-state index in [4.69, 9.17) is 0 Å². The largest absolute Gasteiger partial charge is 0.349 e. The average Bonchev–Trinajstić information content (AvgIpc) is 2.62. The third-order valence-electron chi connectivity index (χ3n) is 3.93. The molecule has 0 aliphatic carbocycles. The molecule has 1 amide bonds. The monoisotopic (exact) mass is 374 g/mol. The van der Waals surface area contributed by atoms with Gasteiger partial charge in [-0.25, -0.2) is 9.38 Å². The van der Waals surface area contributed by atoms with Gasteiger partial charge in [-0.05, 0) is 43.2 Å². The number of halogens is 1. The molecule has 0 saturated heterocycles. The molecule has 0 fully saturated rings. The minimum atomic E-state index is -0.279. The molecule has 25 heavy (non-hydrogen) atoms. The first kappa shape index (κ1) is 18.0. The van der Waals surface area contributed by atoms with Gasteiger partial charge in [0.2, 0.25) is 5.91 Å². The summed E-state index contributed by atoms with van der Waals surface area (Å²) < 4.78 is 13.9. The van der Waals surface area contributed by atoms with E-state index in [2.05, 4.69) is 16.4 Å². The molecule has 130 valence electrons. The highest BCUT2D eigenvalue weighted by Gasteiger charge is 2.21. The number of para-hydroxylation sites is 1. The van der Waals surface area contributed by atoms with Crippen molar-refractivity contribution in [1.29, 1.82) is 0 Å². The van der Waals surface area contributed by atoms with Crippen LogP contribution < -0.4 is 5.32 Å². The van der Waals surface area contributed by atoms with Gasteiger partial charge in [0.1, 0.15) is 10.2 Å². The molecular weight excluding hydrogens is 355 g/mol. The molecule has 3 nitrogen and oxygen atoms in total. The van der Waals surface area contributed by atoms with E-state index in [0.717, 1.165) is 21.4 Å². The normalized spacial score (nSPS) is 15.7. The highest BCUT2D eigenvalue weighted by molar-refractivity contribution is 8.39. The number of aliphatic imine (C=N–C) groups is 1. The number of rotatable bonds is 4. The van der Waals surface area contributed by atoms with Gasteiger partial charge < -0.3 is 5.32 Å². The van der Waals surface area contributed by atoms with Crippen LogP contribution in [-0.2, 0) is 10.5 Å². The lowest BCUT2D eigenvalue weighted by atomic mass is 10.1. The van der Waals surface area contributed by atoms with Crippen molar-refractivity contribution in [3.63, 3.8) is 0 Å². The average molecular weight is 375 g/mol. The molecule has 1 N–H and O–H groups in total. The molecule has 0 radical (unpaired) electrons. The van der Waals surface area contributed by atoms with Crippen LogP contribution in [0.2, 0.25) is 0 Å². The van der Waals surface area contributed by atoms with E-state index in [1.807, 2.05) is 32.0 Å². The Hall–Kier alpha value is -1.79. The van der Waals surface area contributed by atoms with Crippen LogP contribution >= 0.6 is 23.5 Å². The van der Waals surface area contributed by atoms with Crippen LogP contribution in [0.3, 0.4) is 0 Å². The third kappa shape index (κ3) is 4.64. The number of carbonyl (C=O) groups is 1. The predicted molar refractivity (Wildman–Crippen MR) is 105 cm³/mol. The number of carbonyl (C=O) groups excluding carboxylic acids is 1. The van der Waals surface area contributed by atoms with Gasteiger partial charge >= 0.3 is 0 Å². The van der Waals surface area contributed by atoms with Gasteiger partial charge in [0.15, 0.2) is 0 Å². The first-order valence-corrected chi connectivity index (χ1v) is 9.91. The van der Waals surface area contributed by atoms with Gasteiger partial charge in [0.25, 0.3) is 0 Å². The van der Waals surface area contributed by atoms with Crippen LogP contribution in [0.1, 0.15) is 31.0 Å². The summed E-state index contributed by atoms with van der Waals surface area (Å²) in [6.45, 7) is 3.77. The van der Waals surface area contributed by atoms with Crippen LogP contribution in [0.4, 0.5) is 10.1 Å². The molecule has 3 rings (SSSR count). The number of hydrogen-bond acceptors (Lipinski definition) is 4. The Kier molecular flexibility index (Phi) is 5.81. The van der Waals surface area contributed by atoms with E-state index in [-0.39, 0.29) is 23.0 Å². The molecule has 6 heteroatoms. The van der Waals surface area contributed by atoms with Gasteiger partial charge in [-0.15, -0.1) is 0 Å². The minimum absolute atomic E-state index is 0.0519. The van der Waals surface area contributed by atoms with Crippen LogP contribution in [0, 0.1) is 5.82 Å². The van der Waals surface area contributed by atoms with E-state index in [9.17, 15) is 9.18 Å². The van der Waals surface area contributed by atoms with E-state index in [1.165, 1.54) is 29.5 Å². The molecule has 0 aromatic heterocycles. The van der Waals surface area contributed by atoms with Crippen molar-refractivity contribution in [2.75, 3.05) is 0 Å². The lowest BCUT2D eigenvalue weighted by molar-refractivity contribution is -0.120. The summed E-state index contributed by atoms with van der Waals surface area (Å²) in [5, 5.41) is 2.73. The fraction of sp³-hybridized carbons (Fsp3) is 0.263. The van der Waals surface area contributed by atoms with Crippen LogP contribution in [0.15, 0.2) is 53.5 Å². The van der Waals surface area contributed by atoms with E-state index in [0.29, 0.717) is 0 Å². The number of hydrogen-bond donors (Lipinski definition) is 1. The zero-order chi connectivity index (χ0) is 17.8. The molecule has 1 aliphatic heterocycles. The number of amides is 1. The number of nitrogens with zero attached hydrogens (tertiary/aromatic N) is 1. The Morgan fingerprint density at radius 2 is 1.92 bits per heavy atom. The molecule has 0 bridgehead atoms. The highest BCUT2D eigenvalue weighted by Crippen LogP contribution is 2.35. The van der Waals surface area contributed by atoms with Crippen molar-refractivity contribution in [3.8, 4) is 0 Å². The van der Waals surface area contributed by atoms with Crippen molar-refractivity contribution in [3.05, 3.63) is 65.5 Å². The topological polar surface area (TPSA) is 41.5 Å². The standard InChI is InChI=1S/C19H19FN2OS2/c1-12(14-7-9-16(20)10-8-14)21-18(23)13(2)25-19-22-17-6-4-3-5-15(17)11-24-19/h3-10,12-13H,11H2,1-2H3,(H,21,23)/t12-,13+/m1/s1. The highest BCUT2D eigenvalue weighted by atomic mass is 32.2. The van der Waals surface area contributed by atoms with Gasteiger partial charge in [-0.3, -0.25) is 4.79 Å². The molecule has 0 spiro atoms. The lowest BCUT2D eigenvalue weighted by Crippen LogP contribution is -2.33. The molecule has 0 unspecified atom stereocenters. The van der Waals surface area contributed by atoms with Crippen molar-refractivity contribution >= 4 is 39.5 Å². The maximum atomic E-state index is 13.0. The fourth-order valence-corrected chi connectivity index (χ4v) is 4.64. The summed E-state index contributed by atoms with van der Waals surface area (Å²) >= 11 is 3.13. The maximum Gasteiger partial charge on any atom is 0.233 e. The van der Waals surface area contributed by atoms with Crippen molar-refractivity contribution in [2.24, 2.45) is 4.99 Å². The van der Waals surface area contributed by atoms with E-state index < -0.39 is 0 Å². The van der Waals surface area contributed by atoms with Crippen molar-refractivity contribution in [1.82, 2.24) is 5.32 Å². The fourth-order valence-electron chi connectivity index (χ4n) is 2.44. The first-order chi connectivity index (χ1) is 12.0. The van der Waals surface area contributed by atoms with Gasteiger partial charge in [0.05, 0.1) is 17.0 Å². The van der Waals surface area contributed by atoms with Crippen LogP contribution in [0.5, 0.6) is 0 Å². The second kappa shape index (κ2) is 8.06. The molecule has 2 aromatic carbocycles. The number of nitrogens with one attached hydrogen (secondary N) is 1. The summed E-state index contributed by atoms with van der Waals surface area (Å²) in [5.74, 6) is 0.547. The minimum Gasteiger partial charge on any atom is -0.349 e. The van der Waals surface area contributed by atoms with Gasteiger partial charge in [0, 0.05) is 5.75 Å². The van der Waals surface area contributed by atoms with Gasteiger partial charge in [-0.2, -0.15) is 0 Å². The second-order valence-electron chi connectivity index (χ2n) is 5.84. The van der Waals surface area contributed by atoms with E-state index in [1.54, 1.807) is 23.9 Å². The predicted octanol–water partition coefficient (Wildman–Crippen LogP) is 5.06. The quantitative estimate of drug-likeness (QED) is 0.813. The van der Waals surface area contributed by atoms with Crippen molar-refractivity contribution in [2.45, 2.75) is 30.9 Å². The Labute approximate surface area is 155 Å². The van der Waals surface area contributed by atoms with Crippen LogP contribution in [0.25, 0.3) is 0 Å². The maximum absolute atomic E-state index is 13.0. The smallest absolute Gasteiger partial charge is 0.233 e. The molecule has 1 aliphatic rings. The SMILES string of the molecule is C[C@H](SC1=Nc2ccccc2CS1)C(=O)N[C@H](C)c1ccc(F)cc1. The number of fused-ring (bicyclic) bond motifs is 1. The molecular formula is C19H19FN2OS2. The van der Waals surface area contributed by atoms with Gasteiger partial charge in [-0.1, -0.05) is 53.9 Å². The second-order valence-corrected chi connectivity index (χ2v) is 8.39. The third-order valence-corrected chi connectivity index (χ3v) is 6.23. The zero-order valence-corrected chi connectivity index (χ0v) is 15.7. The summed E-state index contributed by atoms with van der Waals surface area (Å²) in [6, 6.07) is 14.1. The number of benzene rings is 2. The van der Waals surface area contributed by atoms with Crippen LogP contribution in [-0.4, -0.2) is 15.5 Å². The molecule has 1 heterocycles. The Bertz CT molecular complexity index is 792. The Morgan fingerprint density at radius 1 is 1.20 bits per heavy atom. The summed E-state index contributed by atoms with van der Waals surface area (Å²) in [6.07, 6.45) is 0. The summed E-state index contributed by atoms with van der Waals surface area (Å²) in [5.41, 5.74) is 3.08. The summed E-state index contributed by atoms with van der Waals surface area (Å²) in [7, 11) is 0. The molecule has 2 atom stereocenters. The Morgan fingerprint density at radius 3 is 2.68 bits per heavy atom. The van der Waals surface area contributed by atoms with Crippen molar-refractivity contribution < 1.29 is 9.18 Å².